The van der Waals surface area contributed by atoms with Crippen molar-refractivity contribution in [3.8, 4) is 16.8 Å². The van der Waals surface area contributed by atoms with Gasteiger partial charge in [0.2, 0.25) is 6.29 Å². The van der Waals surface area contributed by atoms with E-state index in [0.717, 1.165) is 56.1 Å². The monoisotopic (exact) mass is 691 g/mol. The molecule has 0 amide bonds. The maximum absolute atomic E-state index is 5.49. The molecule has 5 heteroatoms. The summed E-state index contributed by atoms with van der Waals surface area (Å²) in [7, 11) is 0. The lowest BCUT2D eigenvalue weighted by atomic mass is 9.99. The number of aliphatic imine (C=N–C) groups is 2. The molecule has 54 heavy (non-hydrogen) atoms. The second kappa shape index (κ2) is 12.2. The summed E-state index contributed by atoms with van der Waals surface area (Å²) in [6.07, 6.45) is -0.587. The molecule has 1 unspecified atom stereocenters. The maximum atomic E-state index is 5.49. The lowest BCUT2D eigenvalue weighted by Crippen LogP contribution is -2.36. The number of nitrogens with one attached hydrogen (secondary N) is 1. The van der Waals surface area contributed by atoms with Crippen LogP contribution < -0.4 is 5.32 Å². The minimum absolute atomic E-state index is 0.587. The molecule has 0 spiro atoms. The molecule has 1 atom stereocenters. The smallest absolute Gasteiger partial charge is 0.225 e. The summed E-state index contributed by atoms with van der Waals surface area (Å²) in [5.41, 5.74) is 9.90. The Labute approximate surface area is 311 Å². The predicted octanol–water partition coefficient (Wildman–Crippen LogP) is 11.7. The van der Waals surface area contributed by atoms with Crippen LogP contribution in [0.25, 0.3) is 71.2 Å². The van der Waals surface area contributed by atoms with Gasteiger partial charge < -0.3 is 9.88 Å². The highest BCUT2D eigenvalue weighted by molar-refractivity contribution is 6.23. The van der Waals surface area contributed by atoms with Crippen LogP contribution in [0.4, 0.5) is 0 Å². The molecule has 3 heterocycles. The van der Waals surface area contributed by atoms with Crippen molar-refractivity contribution in [2.24, 2.45) is 9.98 Å². The van der Waals surface area contributed by atoms with Crippen LogP contribution >= 0.6 is 0 Å². The minimum Gasteiger partial charge on any atom is -0.324 e. The fraction of sp³-hybridized carbons (Fsp3) is 0.0204. The lowest BCUT2D eigenvalue weighted by Gasteiger charge is -2.24. The number of nitrogens with zero attached hydrogens (tertiary/aromatic N) is 4. The molecule has 1 N–H and O–H groups in total. The second-order valence-corrected chi connectivity index (χ2v) is 13.9. The second-order valence-electron chi connectivity index (χ2n) is 13.9. The normalized spacial score (nSPS) is 14.5. The van der Waals surface area contributed by atoms with Crippen LogP contribution in [0.1, 0.15) is 17.4 Å². The predicted molar refractivity (Wildman–Crippen MR) is 225 cm³/mol. The molecule has 0 radical (unpaired) electrons. The van der Waals surface area contributed by atoms with Crippen LogP contribution in [0.15, 0.2) is 198 Å². The number of aromatic nitrogens is 2. The summed E-state index contributed by atoms with van der Waals surface area (Å²) in [6.45, 7) is 0. The maximum Gasteiger partial charge on any atom is 0.225 e. The number of rotatable bonds is 5. The van der Waals surface area contributed by atoms with E-state index >= 15 is 0 Å². The summed E-state index contributed by atoms with van der Waals surface area (Å²) in [5.74, 6) is 1.56. The SMILES string of the molecule is c1ccc(C2=NC(n3c4ccccc4c4ccc5c6ccccc6n(-c6ccccc6)c5c43)N=C(c3cccc(-c4ccc5ccccc5c4)c3)N2)cc1. The van der Waals surface area contributed by atoms with Crippen LogP contribution in [-0.4, -0.2) is 20.8 Å². The summed E-state index contributed by atoms with van der Waals surface area (Å²) in [4.78, 5) is 10.9. The number of hydrogen-bond donors (Lipinski definition) is 1. The van der Waals surface area contributed by atoms with E-state index in [0.29, 0.717) is 0 Å². The fourth-order valence-electron chi connectivity index (χ4n) is 8.27. The molecule has 8 aromatic carbocycles. The van der Waals surface area contributed by atoms with Gasteiger partial charge in [-0.2, -0.15) is 0 Å². The zero-order valence-corrected chi connectivity index (χ0v) is 29.3. The summed E-state index contributed by atoms with van der Waals surface area (Å²) in [6, 6.07) is 66.8. The molecule has 0 aliphatic carbocycles. The van der Waals surface area contributed by atoms with Gasteiger partial charge in [0, 0.05) is 38.4 Å². The van der Waals surface area contributed by atoms with Crippen LogP contribution in [0.2, 0.25) is 0 Å². The third-order valence-corrected chi connectivity index (χ3v) is 10.7. The summed E-state index contributed by atoms with van der Waals surface area (Å²) >= 11 is 0. The van der Waals surface area contributed by atoms with E-state index in [2.05, 4.69) is 196 Å². The molecule has 11 rings (SSSR count). The Hall–Kier alpha value is -7.24. The van der Waals surface area contributed by atoms with Gasteiger partial charge in [0.25, 0.3) is 0 Å². The molecular weight excluding hydrogens is 659 g/mol. The van der Waals surface area contributed by atoms with Gasteiger partial charge in [-0.3, -0.25) is 4.57 Å². The van der Waals surface area contributed by atoms with Crippen molar-refractivity contribution < 1.29 is 0 Å². The van der Waals surface area contributed by atoms with Crippen molar-refractivity contribution in [3.05, 3.63) is 199 Å². The molecule has 0 saturated heterocycles. The van der Waals surface area contributed by atoms with Crippen molar-refractivity contribution in [1.82, 2.24) is 14.5 Å². The molecule has 10 aromatic rings. The van der Waals surface area contributed by atoms with Gasteiger partial charge in [-0.15, -0.1) is 0 Å². The molecule has 0 fully saturated rings. The van der Waals surface area contributed by atoms with Gasteiger partial charge in [0.15, 0.2) is 0 Å². The first kappa shape index (κ1) is 30.4. The van der Waals surface area contributed by atoms with Gasteiger partial charge in [0.1, 0.15) is 11.7 Å². The van der Waals surface area contributed by atoms with Crippen molar-refractivity contribution in [3.63, 3.8) is 0 Å². The van der Waals surface area contributed by atoms with Gasteiger partial charge >= 0.3 is 0 Å². The Morgan fingerprint density at radius 2 is 0.963 bits per heavy atom. The standard InChI is InChI=1S/C49H33N5/c1-3-15-33(16-4-1)47-50-48(37-19-13-18-35(31-37)36-27-26-32-14-7-8-17-34(32)30-36)52-49(51-47)54-44-25-12-10-23-40(44)42-29-28-41-39-22-9-11-24-43(39)53(45(41)46(42)54)38-20-5-2-6-21-38/h1-31,49H,(H,50,51,52). The number of para-hydroxylation sites is 3. The first-order chi connectivity index (χ1) is 26.8. The van der Waals surface area contributed by atoms with Gasteiger partial charge in [-0.05, 0) is 58.3 Å². The van der Waals surface area contributed by atoms with Crippen molar-refractivity contribution in [2.45, 2.75) is 6.29 Å². The van der Waals surface area contributed by atoms with Crippen LogP contribution in [-0.2, 0) is 0 Å². The van der Waals surface area contributed by atoms with Crippen LogP contribution in [0.5, 0.6) is 0 Å². The van der Waals surface area contributed by atoms with E-state index in [-0.39, 0.29) is 0 Å². The summed E-state index contributed by atoms with van der Waals surface area (Å²) in [5, 5.41) is 10.9. The van der Waals surface area contributed by atoms with E-state index in [1.54, 1.807) is 0 Å². The molecule has 5 nitrogen and oxygen atoms in total. The zero-order chi connectivity index (χ0) is 35.6. The van der Waals surface area contributed by atoms with E-state index < -0.39 is 6.29 Å². The van der Waals surface area contributed by atoms with E-state index in [1.807, 2.05) is 6.07 Å². The highest BCUT2D eigenvalue weighted by atomic mass is 15.3. The fourth-order valence-corrected chi connectivity index (χ4v) is 8.27. The first-order valence-corrected chi connectivity index (χ1v) is 18.4. The van der Waals surface area contributed by atoms with Crippen molar-refractivity contribution in [1.29, 1.82) is 0 Å². The Morgan fingerprint density at radius 3 is 1.76 bits per heavy atom. The molecule has 0 saturated carbocycles. The third kappa shape index (κ3) is 4.79. The van der Waals surface area contributed by atoms with Gasteiger partial charge in [-0.1, -0.05) is 152 Å². The Kier molecular flexibility index (Phi) is 6.85. The molecule has 254 valence electrons. The Balaban J connectivity index is 1.18. The average Bonchev–Trinajstić information content (AvgIpc) is 3.77. The number of benzene rings is 8. The zero-order valence-electron chi connectivity index (χ0n) is 29.3. The first-order valence-electron chi connectivity index (χ1n) is 18.4. The van der Waals surface area contributed by atoms with E-state index in [4.69, 9.17) is 9.98 Å². The Bertz CT molecular complexity index is 3130. The number of fused-ring (bicyclic) bond motifs is 8. The van der Waals surface area contributed by atoms with Crippen molar-refractivity contribution >= 4 is 66.1 Å². The molecule has 2 aromatic heterocycles. The minimum atomic E-state index is -0.587. The van der Waals surface area contributed by atoms with Gasteiger partial charge in [-0.25, -0.2) is 9.98 Å². The van der Waals surface area contributed by atoms with E-state index in [1.165, 1.54) is 37.9 Å². The number of amidine groups is 2. The van der Waals surface area contributed by atoms with E-state index in [9.17, 15) is 0 Å². The molecule has 1 aliphatic rings. The lowest BCUT2D eigenvalue weighted by molar-refractivity contribution is 0.576. The molecule has 1 aliphatic heterocycles. The Morgan fingerprint density at radius 1 is 0.389 bits per heavy atom. The molecule has 0 bridgehead atoms. The third-order valence-electron chi connectivity index (χ3n) is 10.7. The topological polar surface area (TPSA) is 46.6 Å². The number of hydrogen-bond acceptors (Lipinski definition) is 3. The van der Waals surface area contributed by atoms with Crippen LogP contribution in [0, 0.1) is 0 Å². The highest BCUT2D eigenvalue weighted by Gasteiger charge is 2.27. The molecular formula is C49H33N5. The summed E-state index contributed by atoms with van der Waals surface area (Å²) < 4.78 is 4.76. The van der Waals surface area contributed by atoms with Crippen molar-refractivity contribution in [2.75, 3.05) is 0 Å². The average molecular weight is 692 g/mol. The highest BCUT2D eigenvalue weighted by Crippen LogP contribution is 2.42. The van der Waals surface area contributed by atoms with Crippen LogP contribution in [0.3, 0.4) is 0 Å². The quantitative estimate of drug-likeness (QED) is 0.192. The largest absolute Gasteiger partial charge is 0.324 e. The van der Waals surface area contributed by atoms with Gasteiger partial charge in [0.05, 0.1) is 22.1 Å².